The minimum absolute atomic E-state index is 0.232. The Morgan fingerprint density at radius 3 is 2.41 bits per heavy atom. The minimum atomic E-state index is -0.259. The summed E-state index contributed by atoms with van der Waals surface area (Å²) in [5.41, 5.74) is 1.30. The van der Waals surface area contributed by atoms with E-state index in [2.05, 4.69) is 0 Å². The molecule has 0 aliphatic rings. The maximum absolute atomic E-state index is 13.5. The van der Waals surface area contributed by atoms with Crippen LogP contribution in [0.4, 0.5) is 10.1 Å². The average molecular weight is 231 g/mol. The second-order valence-electron chi connectivity index (χ2n) is 3.94. The van der Waals surface area contributed by atoms with E-state index in [9.17, 15) is 9.50 Å². The molecular formula is C14H14FNO. The molecule has 0 fully saturated rings. The number of nitrogens with zero attached hydrogens (tertiary/aromatic N) is 1. The quantitative estimate of drug-likeness (QED) is 0.877. The van der Waals surface area contributed by atoms with Gasteiger partial charge in [-0.15, -0.1) is 0 Å². The largest absolute Gasteiger partial charge is 0.508 e. The van der Waals surface area contributed by atoms with Gasteiger partial charge in [0, 0.05) is 19.2 Å². The Balaban J connectivity index is 2.20. The fourth-order valence-electron chi connectivity index (χ4n) is 1.75. The molecule has 2 nitrogen and oxygen atoms in total. The van der Waals surface area contributed by atoms with E-state index in [1.165, 1.54) is 6.07 Å². The van der Waals surface area contributed by atoms with Crippen LogP contribution in [0.1, 0.15) is 5.56 Å². The number of benzene rings is 2. The maximum atomic E-state index is 13.5. The molecule has 0 aliphatic carbocycles. The fraction of sp³-hybridized carbons (Fsp3) is 0.143. The van der Waals surface area contributed by atoms with Gasteiger partial charge in [0.05, 0.1) is 5.69 Å². The van der Waals surface area contributed by atoms with Gasteiger partial charge >= 0.3 is 0 Å². The number of hydrogen-bond donors (Lipinski definition) is 1. The second-order valence-corrected chi connectivity index (χ2v) is 3.94. The van der Waals surface area contributed by atoms with Crippen LogP contribution >= 0.6 is 0 Å². The van der Waals surface area contributed by atoms with Crippen molar-refractivity contribution in [2.75, 3.05) is 11.9 Å². The number of para-hydroxylation sites is 2. The highest BCUT2D eigenvalue weighted by Gasteiger charge is 2.08. The van der Waals surface area contributed by atoms with Crippen molar-refractivity contribution in [1.29, 1.82) is 0 Å². The van der Waals surface area contributed by atoms with Gasteiger partial charge in [-0.1, -0.05) is 30.3 Å². The second kappa shape index (κ2) is 4.87. The molecular weight excluding hydrogens is 217 g/mol. The summed E-state index contributed by atoms with van der Waals surface area (Å²) in [6, 6.07) is 13.7. The van der Waals surface area contributed by atoms with Crippen LogP contribution in [0, 0.1) is 5.82 Å². The summed E-state index contributed by atoms with van der Waals surface area (Å²) >= 11 is 0. The van der Waals surface area contributed by atoms with Crippen molar-refractivity contribution in [2.45, 2.75) is 6.54 Å². The number of phenolic OH excluding ortho intramolecular Hbond substituents is 1. The van der Waals surface area contributed by atoms with E-state index in [0.29, 0.717) is 12.2 Å². The molecule has 0 atom stereocenters. The Bertz CT molecular complexity index is 513. The van der Waals surface area contributed by atoms with Crippen molar-refractivity contribution in [2.24, 2.45) is 0 Å². The third-order valence-corrected chi connectivity index (χ3v) is 2.66. The number of phenols is 1. The zero-order valence-electron chi connectivity index (χ0n) is 9.60. The lowest BCUT2D eigenvalue weighted by Crippen LogP contribution is -2.17. The molecule has 0 saturated heterocycles. The highest BCUT2D eigenvalue weighted by Crippen LogP contribution is 2.22. The van der Waals surface area contributed by atoms with E-state index in [1.807, 2.05) is 12.1 Å². The summed E-state index contributed by atoms with van der Waals surface area (Å²) in [6.45, 7) is 0.466. The molecule has 2 aromatic carbocycles. The Hall–Kier alpha value is -2.03. The van der Waals surface area contributed by atoms with E-state index in [0.717, 1.165) is 5.56 Å². The van der Waals surface area contributed by atoms with Crippen LogP contribution in [0.25, 0.3) is 0 Å². The predicted octanol–water partition coefficient (Wildman–Crippen LogP) is 3.17. The highest BCUT2D eigenvalue weighted by atomic mass is 19.1. The normalized spacial score (nSPS) is 10.2. The lowest BCUT2D eigenvalue weighted by molar-refractivity contribution is 0.467. The molecule has 0 heterocycles. The van der Waals surface area contributed by atoms with Crippen LogP contribution in [0.15, 0.2) is 48.5 Å². The van der Waals surface area contributed by atoms with Gasteiger partial charge in [0.25, 0.3) is 0 Å². The van der Waals surface area contributed by atoms with Gasteiger partial charge in [0.1, 0.15) is 11.6 Å². The van der Waals surface area contributed by atoms with Gasteiger partial charge in [-0.25, -0.2) is 4.39 Å². The first-order valence-electron chi connectivity index (χ1n) is 5.41. The number of hydrogen-bond acceptors (Lipinski definition) is 2. The third-order valence-electron chi connectivity index (χ3n) is 2.66. The zero-order chi connectivity index (χ0) is 12.3. The lowest BCUT2D eigenvalue weighted by atomic mass is 10.2. The molecule has 0 spiro atoms. The molecule has 0 saturated carbocycles. The average Bonchev–Trinajstić information content (AvgIpc) is 2.32. The van der Waals surface area contributed by atoms with Crippen molar-refractivity contribution >= 4 is 5.69 Å². The van der Waals surface area contributed by atoms with Crippen LogP contribution in [0.5, 0.6) is 5.75 Å². The molecule has 0 aliphatic heterocycles. The Morgan fingerprint density at radius 1 is 1.06 bits per heavy atom. The van der Waals surface area contributed by atoms with E-state index in [1.54, 1.807) is 42.3 Å². The smallest absolute Gasteiger partial charge is 0.146 e. The van der Waals surface area contributed by atoms with Gasteiger partial charge in [-0.2, -0.15) is 0 Å². The van der Waals surface area contributed by atoms with Crippen LogP contribution in [0.2, 0.25) is 0 Å². The minimum Gasteiger partial charge on any atom is -0.508 e. The van der Waals surface area contributed by atoms with Crippen molar-refractivity contribution in [1.82, 2.24) is 0 Å². The predicted molar refractivity (Wildman–Crippen MR) is 66.6 cm³/mol. The molecule has 0 amide bonds. The molecule has 0 aromatic heterocycles. The molecule has 88 valence electrons. The number of halogens is 1. The van der Waals surface area contributed by atoms with Crippen LogP contribution in [-0.2, 0) is 6.54 Å². The first-order chi connectivity index (χ1) is 8.18. The number of aromatic hydroxyl groups is 1. The summed E-state index contributed by atoms with van der Waals surface area (Å²) in [4.78, 5) is 1.77. The van der Waals surface area contributed by atoms with Crippen LogP contribution in [-0.4, -0.2) is 12.2 Å². The molecule has 0 radical (unpaired) electrons. The lowest BCUT2D eigenvalue weighted by Gasteiger charge is -2.20. The number of anilines is 1. The first-order valence-corrected chi connectivity index (χ1v) is 5.41. The van der Waals surface area contributed by atoms with Gasteiger partial charge in [0.15, 0.2) is 0 Å². The Labute approximate surface area is 99.9 Å². The molecule has 17 heavy (non-hydrogen) atoms. The summed E-state index contributed by atoms with van der Waals surface area (Å²) < 4.78 is 13.5. The highest BCUT2D eigenvalue weighted by molar-refractivity contribution is 5.48. The summed E-state index contributed by atoms with van der Waals surface area (Å²) in [5, 5.41) is 9.66. The maximum Gasteiger partial charge on any atom is 0.146 e. The molecule has 1 N–H and O–H groups in total. The van der Waals surface area contributed by atoms with Crippen molar-refractivity contribution in [3.05, 3.63) is 59.9 Å². The monoisotopic (exact) mass is 231 g/mol. The zero-order valence-corrected chi connectivity index (χ0v) is 9.60. The van der Waals surface area contributed by atoms with Crippen molar-refractivity contribution in [3.8, 4) is 5.75 Å². The topological polar surface area (TPSA) is 23.5 Å². The van der Waals surface area contributed by atoms with Gasteiger partial charge in [-0.3, -0.25) is 0 Å². The number of rotatable bonds is 3. The van der Waals surface area contributed by atoms with Gasteiger partial charge in [-0.05, 0) is 18.2 Å². The standard InChI is InChI=1S/C14H14FNO/c1-16(13-8-4-3-7-12(13)15)10-11-6-2-5-9-14(11)17/h2-9,17H,10H2,1H3. The Kier molecular flexibility index (Phi) is 3.28. The van der Waals surface area contributed by atoms with Crippen LogP contribution < -0.4 is 4.90 Å². The van der Waals surface area contributed by atoms with E-state index < -0.39 is 0 Å². The summed E-state index contributed by atoms with van der Waals surface area (Å²) in [6.07, 6.45) is 0. The van der Waals surface area contributed by atoms with E-state index in [-0.39, 0.29) is 11.6 Å². The van der Waals surface area contributed by atoms with Gasteiger partial charge < -0.3 is 10.0 Å². The van der Waals surface area contributed by atoms with Gasteiger partial charge in [0.2, 0.25) is 0 Å². The molecule has 2 aromatic rings. The Morgan fingerprint density at radius 2 is 1.71 bits per heavy atom. The summed E-state index contributed by atoms with van der Waals surface area (Å²) in [5.74, 6) is -0.0267. The van der Waals surface area contributed by atoms with Crippen LogP contribution in [0.3, 0.4) is 0 Å². The van der Waals surface area contributed by atoms with Crippen molar-refractivity contribution in [3.63, 3.8) is 0 Å². The summed E-state index contributed by atoms with van der Waals surface area (Å²) in [7, 11) is 1.80. The fourth-order valence-corrected chi connectivity index (χ4v) is 1.75. The van der Waals surface area contributed by atoms with E-state index >= 15 is 0 Å². The first kappa shape index (κ1) is 11.5. The third kappa shape index (κ3) is 2.56. The molecule has 3 heteroatoms. The SMILES string of the molecule is CN(Cc1ccccc1O)c1ccccc1F. The molecule has 0 unspecified atom stereocenters. The van der Waals surface area contributed by atoms with E-state index in [4.69, 9.17) is 0 Å². The molecule has 2 rings (SSSR count). The van der Waals surface area contributed by atoms with Crippen molar-refractivity contribution < 1.29 is 9.50 Å². The molecule has 0 bridgehead atoms.